The second-order valence-corrected chi connectivity index (χ2v) is 5.83. The third-order valence-corrected chi connectivity index (χ3v) is 3.99. The van der Waals surface area contributed by atoms with Gasteiger partial charge >= 0.3 is 0 Å². The third kappa shape index (κ3) is 4.19. The number of aryl methyl sites for hydroxylation is 1. The highest BCUT2D eigenvalue weighted by molar-refractivity contribution is 7.18. The molecule has 1 aromatic heterocycles. The minimum absolute atomic E-state index is 0.185. The Bertz CT molecular complexity index is 607. The number of aromatic nitrogens is 1. The Kier molecular flexibility index (Phi) is 5.16. The Hall–Kier alpha value is -2.08. The Labute approximate surface area is 128 Å². The van der Waals surface area contributed by atoms with Crippen molar-refractivity contribution in [3.63, 3.8) is 0 Å². The number of anilines is 2. The minimum Gasteiger partial charge on any atom is -0.382 e. The van der Waals surface area contributed by atoms with Crippen LogP contribution in [0, 0.1) is 6.92 Å². The zero-order valence-electron chi connectivity index (χ0n) is 12.3. The standard InChI is InChI=1S/C15H20N4OS/c1-3-8-17-15-19-13(16)12(21-15)14(20)18-9-11-6-4-10(2)5-7-11/h4-7H,3,8-9,16H2,1-2H3,(H,17,19)(H,18,20). The molecule has 0 atom stereocenters. The second kappa shape index (κ2) is 7.08. The molecule has 21 heavy (non-hydrogen) atoms. The summed E-state index contributed by atoms with van der Waals surface area (Å²) in [5.74, 6) is 0.0927. The van der Waals surface area contributed by atoms with Crippen LogP contribution in [0.5, 0.6) is 0 Å². The van der Waals surface area contributed by atoms with E-state index in [9.17, 15) is 4.79 Å². The molecule has 0 aliphatic carbocycles. The number of nitrogens with zero attached hydrogens (tertiary/aromatic N) is 1. The van der Waals surface area contributed by atoms with E-state index in [0.29, 0.717) is 16.6 Å². The highest BCUT2D eigenvalue weighted by atomic mass is 32.1. The zero-order valence-corrected chi connectivity index (χ0v) is 13.1. The van der Waals surface area contributed by atoms with Crippen molar-refractivity contribution >= 4 is 28.2 Å². The van der Waals surface area contributed by atoms with Crippen LogP contribution in [0.3, 0.4) is 0 Å². The molecule has 2 aromatic rings. The van der Waals surface area contributed by atoms with E-state index in [2.05, 4.69) is 22.5 Å². The fourth-order valence-electron chi connectivity index (χ4n) is 1.77. The van der Waals surface area contributed by atoms with Crippen molar-refractivity contribution in [2.45, 2.75) is 26.8 Å². The lowest BCUT2D eigenvalue weighted by molar-refractivity contribution is 0.0955. The molecule has 1 amide bonds. The number of nitrogen functional groups attached to an aromatic ring is 1. The molecule has 0 saturated heterocycles. The van der Waals surface area contributed by atoms with E-state index in [-0.39, 0.29) is 11.7 Å². The highest BCUT2D eigenvalue weighted by Gasteiger charge is 2.15. The Balaban J connectivity index is 1.96. The summed E-state index contributed by atoms with van der Waals surface area (Å²) in [4.78, 5) is 16.8. The average Bonchev–Trinajstić information content (AvgIpc) is 2.85. The predicted octanol–water partition coefficient (Wildman–Crippen LogP) is 2.79. The van der Waals surface area contributed by atoms with Gasteiger partial charge in [-0.05, 0) is 18.9 Å². The third-order valence-electron chi connectivity index (χ3n) is 2.96. The van der Waals surface area contributed by atoms with Crippen molar-refractivity contribution in [1.82, 2.24) is 10.3 Å². The van der Waals surface area contributed by atoms with E-state index in [4.69, 9.17) is 5.73 Å². The molecule has 0 spiro atoms. The van der Waals surface area contributed by atoms with Crippen molar-refractivity contribution < 1.29 is 4.79 Å². The first-order valence-electron chi connectivity index (χ1n) is 6.94. The van der Waals surface area contributed by atoms with Crippen molar-refractivity contribution in [3.05, 3.63) is 40.3 Å². The van der Waals surface area contributed by atoms with Crippen LogP contribution in [0.4, 0.5) is 10.9 Å². The van der Waals surface area contributed by atoms with E-state index in [0.717, 1.165) is 18.5 Å². The Morgan fingerprint density at radius 2 is 2.05 bits per heavy atom. The summed E-state index contributed by atoms with van der Waals surface area (Å²) in [5, 5.41) is 6.70. The molecule has 0 bridgehead atoms. The molecular formula is C15H20N4OS. The highest BCUT2D eigenvalue weighted by Crippen LogP contribution is 2.24. The number of benzene rings is 1. The molecule has 0 fully saturated rings. The van der Waals surface area contributed by atoms with E-state index in [1.165, 1.54) is 16.9 Å². The summed E-state index contributed by atoms with van der Waals surface area (Å²) < 4.78 is 0. The van der Waals surface area contributed by atoms with Gasteiger partial charge in [0.25, 0.3) is 5.91 Å². The van der Waals surface area contributed by atoms with Gasteiger partial charge in [-0.2, -0.15) is 0 Å². The first-order chi connectivity index (χ1) is 10.1. The summed E-state index contributed by atoms with van der Waals surface area (Å²) in [6, 6.07) is 8.05. The number of amides is 1. The van der Waals surface area contributed by atoms with Crippen LogP contribution in [-0.2, 0) is 6.54 Å². The lowest BCUT2D eigenvalue weighted by Crippen LogP contribution is -2.22. The monoisotopic (exact) mass is 304 g/mol. The van der Waals surface area contributed by atoms with Crippen molar-refractivity contribution in [1.29, 1.82) is 0 Å². The van der Waals surface area contributed by atoms with Gasteiger partial charge in [0.15, 0.2) is 5.13 Å². The molecule has 0 unspecified atom stereocenters. The molecule has 0 radical (unpaired) electrons. The predicted molar refractivity (Wildman–Crippen MR) is 87.7 cm³/mol. The van der Waals surface area contributed by atoms with Gasteiger partial charge in [-0.1, -0.05) is 48.1 Å². The van der Waals surface area contributed by atoms with Gasteiger partial charge < -0.3 is 16.4 Å². The molecule has 5 nitrogen and oxygen atoms in total. The fourth-order valence-corrected chi connectivity index (χ4v) is 2.60. The van der Waals surface area contributed by atoms with E-state index in [1.54, 1.807) is 0 Å². The number of carbonyl (C=O) groups excluding carboxylic acids is 1. The SMILES string of the molecule is CCCNc1nc(N)c(C(=O)NCc2ccc(C)cc2)s1. The number of hydrogen-bond donors (Lipinski definition) is 3. The van der Waals surface area contributed by atoms with Crippen LogP contribution in [-0.4, -0.2) is 17.4 Å². The number of hydrogen-bond acceptors (Lipinski definition) is 5. The van der Waals surface area contributed by atoms with Crippen LogP contribution in [0.1, 0.15) is 34.1 Å². The van der Waals surface area contributed by atoms with Gasteiger partial charge in [0.1, 0.15) is 10.7 Å². The van der Waals surface area contributed by atoms with Gasteiger partial charge in [0, 0.05) is 13.1 Å². The smallest absolute Gasteiger partial charge is 0.265 e. The summed E-state index contributed by atoms with van der Waals surface area (Å²) in [6.45, 7) is 5.40. The van der Waals surface area contributed by atoms with Crippen LogP contribution in [0.2, 0.25) is 0 Å². The second-order valence-electron chi connectivity index (χ2n) is 4.83. The zero-order chi connectivity index (χ0) is 15.2. The lowest BCUT2D eigenvalue weighted by Gasteiger charge is -2.04. The largest absolute Gasteiger partial charge is 0.382 e. The Morgan fingerprint density at radius 1 is 1.33 bits per heavy atom. The van der Waals surface area contributed by atoms with Crippen molar-refractivity contribution in [2.24, 2.45) is 0 Å². The van der Waals surface area contributed by atoms with E-state index < -0.39 is 0 Å². The molecule has 0 saturated carbocycles. The van der Waals surface area contributed by atoms with Gasteiger partial charge in [-0.3, -0.25) is 4.79 Å². The normalized spacial score (nSPS) is 10.4. The number of rotatable bonds is 6. The molecular weight excluding hydrogens is 284 g/mol. The van der Waals surface area contributed by atoms with Crippen molar-refractivity contribution in [3.8, 4) is 0 Å². The first-order valence-corrected chi connectivity index (χ1v) is 7.75. The summed E-state index contributed by atoms with van der Waals surface area (Å²) in [5.41, 5.74) is 8.06. The topological polar surface area (TPSA) is 80.0 Å². The number of thiazole rings is 1. The molecule has 112 valence electrons. The molecule has 1 aromatic carbocycles. The molecule has 0 aliphatic heterocycles. The van der Waals surface area contributed by atoms with Gasteiger partial charge in [0.2, 0.25) is 0 Å². The summed E-state index contributed by atoms with van der Waals surface area (Å²) >= 11 is 1.29. The van der Waals surface area contributed by atoms with Gasteiger partial charge in [-0.25, -0.2) is 4.98 Å². The summed E-state index contributed by atoms with van der Waals surface area (Å²) in [6.07, 6.45) is 0.994. The molecule has 6 heteroatoms. The molecule has 2 rings (SSSR count). The van der Waals surface area contributed by atoms with Gasteiger partial charge in [-0.15, -0.1) is 0 Å². The van der Waals surface area contributed by atoms with Crippen molar-refractivity contribution in [2.75, 3.05) is 17.6 Å². The number of nitrogens with two attached hydrogens (primary N) is 1. The molecule has 0 aliphatic rings. The number of nitrogens with one attached hydrogen (secondary N) is 2. The first kappa shape index (κ1) is 15.3. The van der Waals surface area contributed by atoms with E-state index in [1.807, 2.05) is 31.2 Å². The molecule has 4 N–H and O–H groups in total. The summed E-state index contributed by atoms with van der Waals surface area (Å²) in [7, 11) is 0. The lowest BCUT2D eigenvalue weighted by atomic mass is 10.1. The van der Waals surface area contributed by atoms with Crippen LogP contribution < -0.4 is 16.4 Å². The fraction of sp³-hybridized carbons (Fsp3) is 0.333. The maximum absolute atomic E-state index is 12.1. The Morgan fingerprint density at radius 3 is 2.71 bits per heavy atom. The maximum Gasteiger partial charge on any atom is 0.265 e. The van der Waals surface area contributed by atoms with Gasteiger partial charge in [0.05, 0.1) is 0 Å². The van der Waals surface area contributed by atoms with Crippen LogP contribution >= 0.6 is 11.3 Å². The minimum atomic E-state index is -0.185. The quantitative estimate of drug-likeness (QED) is 0.766. The average molecular weight is 304 g/mol. The number of carbonyl (C=O) groups is 1. The van der Waals surface area contributed by atoms with E-state index >= 15 is 0 Å². The van der Waals surface area contributed by atoms with Crippen LogP contribution in [0.25, 0.3) is 0 Å². The molecule has 1 heterocycles. The maximum atomic E-state index is 12.1. The van der Waals surface area contributed by atoms with Crippen LogP contribution in [0.15, 0.2) is 24.3 Å².